The van der Waals surface area contributed by atoms with Gasteiger partial charge in [-0.1, -0.05) is 12.1 Å². The van der Waals surface area contributed by atoms with E-state index in [1.807, 2.05) is 20.0 Å². The number of likely N-dealkylation sites (N-methyl/N-ethyl adjacent to an activating group) is 1. The quantitative estimate of drug-likeness (QED) is 0.809. The van der Waals surface area contributed by atoms with E-state index < -0.39 is 0 Å². The topological polar surface area (TPSA) is 46.4 Å². The first kappa shape index (κ1) is 16.9. The Morgan fingerprint density at radius 2 is 2.17 bits per heavy atom. The molecule has 6 heteroatoms. The Hall–Kier alpha value is -1.92. The lowest BCUT2D eigenvalue weighted by molar-refractivity contribution is 0.216. The molecule has 3 rings (SSSR count). The highest BCUT2D eigenvalue weighted by atomic mass is 16.5. The second-order valence-electron chi connectivity index (χ2n) is 6.67. The van der Waals surface area contributed by atoms with E-state index >= 15 is 0 Å². The second kappa shape index (κ2) is 7.32. The molecule has 1 saturated heterocycles. The molecule has 2 heterocycles. The molecule has 0 unspecified atom stereocenters. The van der Waals surface area contributed by atoms with Crippen molar-refractivity contribution in [3.8, 4) is 5.75 Å². The fourth-order valence-corrected chi connectivity index (χ4v) is 3.29. The highest BCUT2D eigenvalue weighted by Gasteiger charge is 2.26. The van der Waals surface area contributed by atoms with Crippen LogP contribution in [-0.4, -0.2) is 57.9 Å². The third-order valence-electron chi connectivity index (χ3n) is 4.98. The van der Waals surface area contributed by atoms with Gasteiger partial charge in [0.2, 0.25) is 0 Å². The molecule has 0 bridgehead atoms. The molecule has 0 N–H and O–H groups in total. The summed E-state index contributed by atoms with van der Waals surface area (Å²) >= 11 is 0. The zero-order valence-electron chi connectivity index (χ0n) is 15.1. The van der Waals surface area contributed by atoms with E-state index in [4.69, 9.17) is 4.74 Å². The van der Waals surface area contributed by atoms with Crippen molar-refractivity contribution in [1.29, 1.82) is 0 Å². The molecule has 0 saturated carbocycles. The number of ether oxygens (including phenoxy) is 1. The third-order valence-corrected chi connectivity index (χ3v) is 4.98. The molecule has 1 aliphatic heterocycles. The summed E-state index contributed by atoms with van der Waals surface area (Å²) < 4.78 is 7.39. The number of hydrogen-bond acceptors (Lipinski definition) is 5. The average Bonchev–Trinajstić information content (AvgIpc) is 3.17. The summed E-state index contributed by atoms with van der Waals surface area (Å²) in [7, 11) is 5.93. The Bertz CT molecular complexity index is 684. The van der Waals surface area contributed by atoms with Crippen LogP contribution >= 0.6 is 0 Å². The maximum Gasteiger partial charge on any atom is 0.146 e. The number of methoxy groups -OCH3 is 1. The molecule has 2 aromatic rings. The highest BCUT2D eigenvalue weighted by Crippen LogP contribution is 2.20. The zero-order valence-corrected chi connectivity index (χ0v) is 15.1. The van der Waals surface area contributed by atoms with Crippen molar-refractivity contribution in [3.63, 3.8) is 0 Å². The van der Waals surface area contributed by atoms with Gasteiger partial charge in [0.15, 0.2) is 0 Å². The molecule has 1 atom stereocenters. The summed E-state index contributed by atoms with van der Waals surface area (Å²) in [5.41, 5.74) is 1.31. The fourth-order valence-electron chi connectivity index (χ4n) is 3.29. The van der Waals surface area contributed by atoms with Crippen molar-refractivity contribution >= 4 is 0 Å². The van der Waals surface area contributed by atoms with Crippen molar-refractivity contribution in [3.05, 3.63) is 41.5 Å². The minimum absolute atomic E-state index is 0.563. The fraction of sp³-hybridized carbons (Fsp3) is 0.556. The van der Waals surface area contributed by atoms with E-state index in [0.29, 0.717) is 6.04 Å². The molecule has 0 radical (unpaired) electrons. The maximum absolute atomic E-state index is 5.32. The molecule has 1 aliphatic rings. The van der Waals surface area contributed by atoms with Crippen molar-refractivity contribution in [2.45, 2.75) is 32.5 Å². The molecule has 6 nitrogen and oxygen atoms in total. The smallest absolute Gasteiger partial charge is 0.146 e. The predicted molar refractivity (Wildman–Crippen MR) is 93.9 cm³/mol. The molecule has 1 fully saturated rings. The summed E-state index contributed by atoms with van der Waals surface area (Å²) in [4.78, 5) is 4.91. The van der Waals surface area contributed by atoms with Crippen LogP contribution in [0.25, 0.3) is 0 Å². The first-order chi connectivity index (χ1) is 11.6. The molecule has 1 aromatic heterocycles. The van der Waals surface area contributed by atoms with Gasteiger partial charge >= 0.3 is 0 Å². The van der Waals surface area contributed by atoms with Gasteiger partial charge < -0.3 is 9.30 Å². The third kappa shape index (κ3) is 3.76. The largest absolute Gasteiger partial charge is 0.497 e. The molecule has 1 aromatic carbocycles. The number of likely N-dealkylation sites (tertiary alicyclic amines) is 1. The predicted octanol–water partition coefficient (Wildman–Crippen LogP) is 1.84. The van der Waals surface area contributed by atoms with E-state index in [2.05, 4.69) is 49.8 Å². The molecule has 0 aliphatic carbocycles. The van der Waals surface area contributed by atoms with Gasteiger partial charge in [0.05, 0.1) is 13.7 Å². The standard InChI is InChI=1S/C18H27N5O/c1-14-19-20-18(22(14)3)13-21(2)16-8-9-23(12-16)11-15-6-5-7-17(10-15)24-4/h5-7,10,16H,8-9,11-13H2,1-4H3/t16-/m0/s1. The lowest BCUT2D eigenvalue weighted by Crippen LogP contribution is -2.34. The van der Waals surface area contributed by atoms with Gasteiger partial charge in [-0.3, -0.25) is 9.80 Å². The van der Waals surface area contributed by atoms with Gasteiger partial charge in [-0.2, -0.15) is 0 Å². The summed E-state index contributed by atoms with van der Waals surface area (Å²) in [5, 5.41) is 8.42. The molecular weight excluding hydrogens is 302 g/mol. The molecule has 0 amide bonds. The molecule has 24 heavy (non-hydrogen) atoms. The monoisotopic (exact) mass is 329 g/mol. The number of aryl methyl sites for hydroxylation is 1. The Labute approximate surface area is 144 Å². The molecule has 130 valence electrons. The summed E-state index contributed by atoms with van der Waals surface area (Å²) in [6, 6.07) is 8.91. The Balaban J connectivity index is 1.55. The number of rotatable bonds is 6. The Morgan fingerprint density at radius 3 is 2.88 bits per heavy atom. The number of nitrogens with zero attached hydrogens (tertiary/aromatic N) is 5. The average molecular weight is 329 g/mol. The van der Waals surface area contributed by atoms with Crippen LogP contribution in [0.1, 0.15) is 23.6 Å². The van der Waals surface area contributed by atoms with Crippen LogP contribution in [0, 0.1) is 6.92 Å². The second-order valence-corrected chi connectivity index (χ2v) is 6.67. The van der Waals surface area contributed by atoms with Gasteiger partial charge in [0.25, 0.3) is 0 Å². The van der Waals surface area contributed by atoms with Gasteiger partial charge in [-0.15, -0.1) is 10.2 Å². The minimum atomic E-state index is 0.563. The lowest BCUT2D eigenvalue weighted by Gasteiger charge is -2.24. The van der Waals surface area contributed by atoms with Crippen LogP contribution in [0.15, 0.2) is 24.3 Å². The van der Waals surface area contributed by atoms with Gasteiger partial charge in [-0.25, -0.2) is 0 Å². The van der Waals surface area contributed by atoms with Gasteiger partial charge in [0, 0.05) is 32.7 Å². The number of hydrogen-bond donors (Lipinski definition) is 0. The summed E-state index contributed by atoms with van der Waals surface area (Å²) in [6.07, 6.45) is 1.19. The molecule has 0 spiro atoms. The SMILES string of the molecule is COc1cccc(CN2CC[C@H](N(C)Cc3nnc(C)n3C)C2)c1. The van der Waals surface area contributed by atoms with Crippen LogP contribution in [0.4, 0.5) is 0 Å². The normalized spacial score (nSPS) is 18.5. The van der Waals surface area contributed by atoms with Crippen molar-refractivity contribution < 1.29 is 4.74 Å². The molecular formula is C18H27N5O. The van der Waals surface area contributed by atoms with Crippen LogP contribution in [0.3, 0.4) is 0 Å². The van der Waals surface area contributed by atoms with E-state index in [0.717, 1.165) is 43.6 Å². The van der Waals surface area contributed by atoms with E-state index in [1.165, 1.54) is 12.0 Å². The first-order valence-corrected chi connectivity index (χ1v) is 8.47. The van der Waals surface area contributed by atoms with Crippen LogP contribution in [-0.2, 0) is 20.1 Å². The summed E-state index contributed by atoms with van der Waals surface area (Å²) in [6.45, 7) is 6.02. The van der Waals surface area contributed by atoms with Crippen molar-refractivity contribution in [2.75, 3.05) is 27.2 Å². The van der Waals surface area contributed by atoms with Crippen molar-refractivity contribution in [2.24, 2.45) is 7.05 Å². The maximum atomic E-state index is 5.32. The zero-order chi connectivity index (χ0) is 17.1. The number of benzene rings is 1. The first-order valence-electron chi connectivity index (χ1n) is 8.47. The van der Waals surface area contributed by atoms with Gasteiger partial charge in [-0.05, 0) is 38.1 Å². The van der Waals surface area contributed by atoms with E-state index in [9.17, 15) is 0 Å². The van der Waals surface area contributed by atoms with Crippen LogP contribution < -0.4 is 4.74 Å². The van der Waals surface area contributed by atoms with E-state index in [1.54, 1.807) is 7.11 Å². The highest BCUT2D eigenvalue weighted by molar-refractivity contribution is 5.28. The lowest BCUT2D eigenvalue weighted by atomic mass is 10.2. The van der Waals surface area contributed by atoms with E-state index in [-0.39, 0.29) is 0 Å². The van der Waals surface area contributed by atoms with Crippen LogP contribution in [0.5, 0.6) is 5.75 Å². The number of aromatic nitrogens is 3. The minimum Gasteiger partial charge on any atom is -0.497 e. The van der Waals surface area contributed by atoms with Crippen LogP contribution in [0.2, 0.25) is 0 Å². The van der Waals surface area contributed by atoms with Gasteiger partial charge in [0.1, 0.15) is 17.4 Å². The van der Waals surface area contributed by atoms with Crippen molar-refractivity contribution in [1.82, 2.24) is 24.6 Å². The Morgan fingerprint density at radius 1 is 1.33 bits per heavy atom. The summed E-state index contributed by atoms with van der Waals surface area (Å²) in [5.74, 6) is 2.92. The Kier molecular flexibility index (Phi) is 5.16.